The van der Waals surface area contributed by atoms with E-state index in [1.54, 1.807) is 6.20 Å². The van der Waals surface area contributed by atoms with Crippen molar-refractivity contribution in [3.05, 3.63) is 47.3 Å². The van der Waals surface area contributed by atoms with E-state index in [1.807, 2.05) is 36.0 Å². The Bertz CT molecular complexity index is 741. The van der Waals surface area contributed by atoms with Gasteiger partial charge in [0.2, 0.25) is 0 Å². The highest BCUT2D eigenvalue weighted by atomic mass is 16.5. The molecule has 1 aliphatic rings. The highest BCUT2D eigenvalue weighted by Gasteiger charge is 2.26. The summed E-state index contributed by atoms with van der Waals surface area (Å²) in [4.78, 5) is 12.3. The lowest BCUT2D eigenvalue weighted by Gasteiger charge is -2.30. The molecule has 3 rings (SSSR count). The molecule has 2 unspecified atom stereocenters. The van der Waals surface area contributed by atoms with Crippen molar-refractivity contribution in [3.63, 3.8) is 0 Å². The topological polar surface area (TPSA) is 68.2 Å². The Morgan fingerprint density at radius 1 is 1.40 bits per heavy atom. The van der Waals surface area contributed by atoms with E-state index in [-0.39, 0.29) is 18.2 Å². The lowest BCUT2D eigenvalue weighted by atomic mass is 10.0. The lowest BCUT2D eigenvalue weighted by molar-refractivity contribution is -0.00204. The van der Waals surface area contributed by atoms with Gasteiger partial charge in [-0.15, -0.1) is 0 Å². The number of hydrogen-bond donors (Lipinski definition) is 2. The number of nitrogens with one attached hydrogen (secondary N) is 2. The molecular weight excluding hydrogens is 316 g/mol. The molecule has 2 atom stereocenters. The summed E-state index contributed by atoms with van der Waals surface area (Å²) in [6.07, 6.45) is 4.26. The Balaban J connectivity index is 1.58. The van der Waals surface area contributed by atoms with Gasteiger partial charge in [0, 0.05) is 31.6 Å². The summed E-state index contributed by atoms with van der Waals surface area (Å²) in [6, 6.07) is 7.91. The molecule has 1 fully saturated rings. The van der Waals surface area contributed by atoms with Crippen LogP contribution in [0.25, 0.3) is 0 Å². The predicted octanol–water partition coefficient (Wildman–Crippen LogP) is 3.33. The number of nitrogens with zero attached hydrogens (tertiary/aromatic N) is 2. The molecule has 0 radical (unpaired) electrons. The molecular formula is C19H26N4O2. The van der Waals surface area contributed by atoms with Gasteiger partial charge in [-0.05, 0) is 55.5 Å². The molecule has 134 valence electrons. The number of aromatic nitrogens is 2. The zero-order chi connectivity index (χ0) is 17.8. The monoisotopic (exact) mass is 342 g/mol. The van der Waals surface area contributed by atoms with E-state index in [4.69, 9.17) is 4.74 Å². The summed E-state index contributed by atoms with van der Waals surface area (Å²) in [5.41, 5.74) is 4.37. The van der Waals surface area contributed by atoms with Crippen LogP contribution in [0.1, 0.15) is 42.7 Å². The molecule has 2 heterocycles. The van der Waals surface area contributed by atoms with Crippen molar-refractivity contribution in [1.82, 2.24) is 15.1 Å². The number of carbonyl (C=O) groups is 1. The van der Waals surface area contributed by atoms with E-state index < -0.39 is 0 Å². The van der Waals surface area contributed by atoms with Crippen LogP contribution in [0.5, 0.6) is 0 Å². The number of benzene rings is 1. The first-order chi connectivity index (χ1) is 12.1. The maximum Gasteiger partial charge on any atom is 0.319 e. The number of anilines is 1. The minimum absolute atomic E-state index is 0.0300. The quantitative estimate of drug-likeness (QED) is 0.895. The van der Waals surface area contributed by atoms with Crippen molar-refractivity contribution < 1.29 is 9.53 Å². The summed E-state index contributed by atoms with van der Waals surface area (Å²) in [5, 5.41) is 10.2. The molecule has 6 heteroatoms. The lowest BCUT2D eigenvalue weighted by Crippen LogP contribution is -2.42. The second kappa shape index (κ2) is 7.70. The van der Waals surface area contributed by atoms with Gasteiger partial charge < -0.3 is 15.4 Å². The smallest absolute Gasteiger partial charge is 0.319 e. The fraction of sp³-hybridized carbons (Fsp3) is 0.474. The van der Waals surface area contributed by atoms with Gasteiger partial charge in [0.25, 0.3) is 0 Å². The Kier molecular flexibility index (Phi) is 5.38. The van der Waals surface area contributed by atoms with Gasteiger partial charge in [-0.2, -0.15) is 5.10 Å². The first-order valence-electron chi connectivity index (χ1n) is 8.83. The summed E-state index contributed by atoms with van der Waals surface area (Å²) >= 11 is 0. The van der Waals surface area contributed by atoms with E-state index in [9.17, 15) is 4.79 Å². The molecule has 2 amide bonds. The highest BCUT2D eigenvalue weighted by molar-refractivity contribution is 5.89. The number of amides is 2. The SMILES string of the molecule is CCc1cc(NC(=O)NC2CCOC(c3ccnn3C)C2)ccc1C. The standard InChI is InChI=1S/C19H26N4O2/c1-4-14-11-15(6-5-13(14)2)21-19(24)22-16-8-10-25-18(12-16)17-7-9-20-23(17)3/h5-7,9,11,16,18H,4,8,10,12H2,1-3H3,(H2,21,22,24). The first-order valence-corrected chi connectivity index (χ1v) is 8.83. The number of aryl methyl sites for hydroxylation is 3. The van der Waals surface area contributed by atoms with Crippen LogP contribution < -0.4 is 10.6 Å². The molecule has 0 aliphatic carbocycles. The fourth-order valence-corrected chi connectivity index (χ4v) is 3.32. The van der Waals surface area contributed by atoms with Crippen molar-refractivity contribution in [2.24, 2.45) is 7.05 Å². The molecule has 25 heavy (non-hydrogen) atoms. The van der Waals surface area contributed by atoms with Gasteiger partial charge >= 0.3 is 6.03 Å². The first kappa shape index (κ1) is 17.5. The molecule has 1 aromatic heterocycles. The highest BCUT2D eigenvalue weighted by Crippen LogP contribution is 2.27. The van der Waals surface area contributed by atoms with Crippen molar-refractivity contribution in [2.45, 2.75) is 45.3 Å². The van der Waals surface area contributed by atoms with Crippen LogP contribution in [0.15, 0.2) is 30.5 Å². The van der Waals surface area contributed by atoms with Crippen LogP contribution in [0, 0.1) is 6.92 Å². The number of ether oxygens (including phenoxy) is 1. The van der Waals surface area contributed by atoms with Gasteiger partial charge in [-0.3, -0.25) is 4.68 Å². The van der Waals surface area contributed by atoms with Crippen molar-refractivity contribution in [2.75, 3.05) is 11.9 Å². The minimum atomic E-state index is -0.165. The number of carbonyl (C=O) groups excluding carboxylic acids is 1. The Morgan fingerprint density at radius 2 is 2.24 bits per heavy atom. The zero-order valence-corrected chi connectivity index (χ0v) is 15.1. The largest absolute Gasteiger partial charge is 0.372 e. The molecule has 1 saturated heterocycles. The maximum atomic E-state index is 12.3. The Labute approximate surface area is 148 Å². The average molecular weight is 342 g/mol. The zero-order valence-electron chi connectivity index (χ0n) is 15.1. The molecule has 0 bridgehead atoms. The van der Waals surface area contributed by atoms with E-state index in [0.717, 1.165) is 30.6 Å². The van der Waals surface area contributed by atoms with Gasteiger partial charge in [0.15, 0.2) is 0 Å². The number of rotatable bonds is 4. The molecule has 2 N–H and O–H groups in total. The Hall–Kier alpha value is -2.34. The number of hydrogen-bond acceptors (Lipinski definition) is 3. The van der Waals surface area contributed by atoms with Crippen molar-refractivity contribution in [3.8, 4) is 0 Å². The number of urea groups is 1. The average Bonchev–Trinajstić information content (AvgIpc) is 3.03. The van der Waals surface area contributed by atoms with Gasteiger partial charge in [0.05, 0.1) is 5.69 Å². The summed E-state index contributed by atoms with van der Waals surface area (Å²) < 4.78 is 7.67. The molecule has 0 spiro atoms. The van der Waals surface area contributed by atoms with Crippen molar-refractivity contribution in [1.29, 1.82) is 0 Å². The van der Waals surface area contributed by atoms with E-state index >= 15 is 0 Å². The van der Waals surface area contributed by atoms with E-state index in [1.165, 1.54) is 11.1 Å². The van der Waals surface area contributed by atoms with Crippen molar-refractivity contribution >= 4 is 11.7 Å². The third-order valence-electron chi connectivity index (χ3n) is 4.80. The van der Waals surface area contributed by atoms with Gasteiger partial charge in [-0.25, -0.2) is 4.79 Å². The third-order valence-corrected chi connectivity index (χ3v) is 4.80. The summed E-state index contributed by atoms with van der Waals surface area (Å²) in [6.45, 7) is 4.83. The maximum absolute atomic E-state index is 12.3. The van der Waals surface area contributed by atoms with Crippen LogP contribution in [0.2, 0.25) is 0 Å². The fourth-order valence-electron chi connectivity index (χ4n) is 3.32. The van der Waals surface area contributed by atoms with Crippen LogP contribution in [-0.4, -0.2) is 28.5 Å². The molecule has 1 aliphatic heterocycles. The Morgan fingerprint density at radius 3 is 2.96 bits per heavy atom. The second-order valence-electron chi connectivity index (χ2n) is 6.55. The van der Waals surface area contributed by atoms with Gasteiger partial charge in [-0.1, -0.05) is 13.0 Å². The third kappa shape index (κ3) is 4.20. The molecule has 0 saturated carbocycles. The molecule has 6 nitrogen and oxygen atoms in total. The molecule has 2 aromatic rings. The predicted molar refractivity (Wildman–Crippen MR) is 97.6 cm³/mol. The van der Waals surface area contributed by atoms with Crippen LogP contribution in [0.3, 0.4) is 0 Å². The molecule has 1 aromatic carbocycles. The van der Waals surface area contributed by atoms with E-state index in [0.29, 0.717) is 6.61 Å². The van der Waals surface area contributed by atoms with Gasteiger partial charge in [0.1, 0.15) is 6.10 Å². The summed E-state index contributed by atoms with van der Waals surface area (Å²) in [5.74, 6) is 0. The minimum Gasteiger partial charge on any atom is -0.372 e. The van der Waals surface area contributed by atoms with Crippen LogP contribution in [-0.2, 0) is 18.2 Å². The second-order valence-corrected chi connectivity index (χ2v) is 6.55. The summed E-state index contributed by atoms with van der Waals surface area (Å²) in [7, 11) is 1.91. The van der Waals surface area contributed by atoms with Crippen LogP contribution in [0.4, 0.5) is 10.5 Å². The normalized spacial score (nSPS) is 20.3. The van der Waals surface area contributed by atoms with Crippen LogP contribution >= 0.6 is 0 Å². The van der Waals surface area contributed by atoms with E-state index in [2.05, 4.69) is 29.6 Å².